The first-order valence-electron chi connectivity index (χ1n) is 5.12. The van der Waals surface area contributed by atoms with E-state index < -0.39 is 0 Å². The molecule has 5 heteroatoms. The molecule has 1 amide bonds. The van der Waals surface area contributed by atoms with Crippen LogP contribution in [-0.2, 0) is 0 Å². The second-order valence-corrected chi connectivity index (χ2v) is 3.94. The van der Waals surface area contributed by atoms with Gasteiger partial charge in [-0.2, -0.15) is 5.26 Å². The van der Waals surface area contributed by atoms with Gasteiger partial charge in [-0.05, 0) is 36.4 Å². The SMILES string of the molecule is N#Cc1ccc(NC(=O)c2ccc(Cl)cn2)cc1. The Balaban J connectivity index is 2.11. The molecule has 0 aliphatic carbocycles. The van der Waals surface area contributed by atoms with Crippen LogP contribution in [-0.4, -0.2) is 10.9 Å². The summed E-state index contributed by atoms with van der Waals surface area (Å²) in [6.07, 6.45) is 1.41. The first kappa shape index (κ1) is 12.1. The predicted molar refractivity (Wildman–Crippen MR) is 68.4 cm³/mol. The highest BCUT2D eigenvalue weighted by molar-refractivity contribution is 6.30. The zero-order valence-corrected chi connectivity index (χ0v) is 9.98. The predicted octanol–water partition coefficient (Wildman–Crippen LogP) is 2.86. The molecule has 1 heterocycles. The maximum absolute atomic E-state index is 11.8. The molecule has 1 N–H and O–H groups in total. The largest absolute Gasteiger partial charge is 0.321 e. The van der Waals surface area contributed by atoms with Crippen LogP contribution in [0.5, 0.6) is 0 Å². The quantitative estimate of drug-likeness (QED) is 0.900. The van der Waals surface area contributed by atoms with Gasteiger partial charge in [0.15, 0.2) is 0 Å². The third kappa shape index (κ3) is 2.84. The Labute approximate surface area is 109 Å². The molecule has 88 valence electrons. The number of hydrogen-bond acceptors (Lipinski definition) is 3. The van der Waals surface area contributed by atoms with Crippen molar-refractivity contribution in [1.29, 1.82) is 5.26 Å². The lowest BCUT2D eigenvalue weighted by Crippen LogP contribution is -2.13. The first-order chi connectivity index (χ1) is 8.69. The lowest BCUT2D eigenvalue weighted by Gasteiger charge is -2.04. The average Bonchev–Trinajstić information content (AvgIpc) is 2.40. The number of aromatic nitrogens is 1. The highest BCUT2D eigenvalue weighted by Crippen LogP contribution is 2.11. The fourth-order valence-electron chi connectivity index (χ4n) is 1.33. The second-order valence-electron chi connectivity index (χ2n) is 3.50. The maximum atomic E-state index is 11.8. The van der Waals surface area contributed by atoms with Gasteiger partial charge < -0.3 is 5.32 Å². The summed E-state index contributed by atoms with van der Waals surface area (Å²) in [5, 5.41) is 11.8. The molecule has 0 bridgehead atoms. The summed E-state index contributed by atoms with van der Waals surface area (Å²) in [7, 11) is 0. The van der Waals surface area contributed by atoms with E-state index in [0.717, 1.165) is 0 Å². The van der Waals surface area contributed by atoms with Crippen LogP contribution in [0.15, 0.2) is 42.6 Å². The molecule has 1 aromatic carbocycles. The molecule has 0 aliphatic heterocycles. The normalized spacial score (nSPS) is 9.56. The zero-order valence-electron chi connectivity index (χ0n) is 9.22. The lowest BCUT2D eigenvalue weighted by molar-refractivity contribution is 0.102. The van der Waals surface area contributed by atoms with Crippen LogP contribution in [0.2, 0.25) is 5.02 Å². The summed E-state index contributed by atoms with van der Waals surface area (Å²) in [5.74, 6) is -0.323. The minimum absolute atomic E-state index is 0.281. The van der Waals surface area contributed by atoms with Crippen molar-refractivity contribution in [2.24, 2.45) is 0 Å². The van der Waals surface area contributed by atoms with Crippen LogP contribution in [0.25, 0.3) is 0 Å². The number of carbonyl (C=O) groups is 1. The number of hydrogen-bond donors (Lipinski definition) is 1. The van der Waals surface area contributed by atoms with Gasteiger partial charge in [-0.15, -0.1) is 0 Å². The Morgan fingerprint density at radius 2 is 1.94 bits per heavy atom. The summed E-state index contributed by atoms with van der Waals surface area (Å²) >= 11 is 5.69. The second kappa shape index (κ2) is 5.30. The van der Waals surface area contributed by atoms with Crippen molar-refractivity contribution in [3.8, 4) is 6.07 Å². The molecule has 0 spiro atoms. The third-order valence-corrected chi connectivity index (χ3v) is 2.46. The molecule has 18 heavy (non-hydrogen) atoms. The van der Waals surface area contributed by atoms with Crippen molar-refractivity contribution in [3.05, 3.63) is 58.9 Å². The van der Waals surface area contributed by atoms with Gasteiger partial charge in [0.2, 0.25) is 0 Å². The van der Waals surface area contributed by atoms with E-state index in [1.807, 2.05) is 6.07 Å². The molecule has 2 aromatic rings. The van der Waals surface area contributed by atoms with E-state index in [4.69, 9.17) is 16.9 Å². The Bertz CT molecular complexity index is 600. The Morgan fingerprint density at radius 1 is 1.22 bits per heavy atom. The lowest BCUT2D eigenvalue weighted by atomic mass is 10.2. The minimum Gasteiger partial charge on any atom is -0.321 e. The molecule has 0 saturated heterocycles. The summed E-state index contributed by atoms with van der Waals surface area (Å²) in [6.45, 7) is 0. The average molecular weight is 258 g/mol. The number of benzene rings is 1. The van der Waals surface area contributed by atoms with Gasteiger partial charge in [0.25, 0.3) is 5.91 Å². The number of nitrogens with zero attached hydrogens (tertiary/aromatic N) is 2. The van der Waals surface area contributed by atoms with E-state index in [1.54, 1.807) is 36.4 Å². The van der Waals surface area contributed by atoms with Crippen molar-refractivity contribution in [3.63, 3.8) is 0 Å². The van der Waals surface area contributed by atoms with Crippen molar-refractivity contribution >= 4 is 23.2 Å². The highest BCUT2D eigenvalue weighted by Gasteiger charge is 2.07. The van der Waals surface area contributed by atoms with E-state index in [1.165, 1.54) is 6.20 Å². The summed E-state index contributed by atoms with van der Waals surface area (Å²) in [4.78, 5) is 15.7. The van der Waals surface area contributed by atoms with Gasteiger partial charge in [-0.3, -0.25) is 4.79 Å². The van der Waals surface area contributed by atoms with E-state index >= 15 is 0 Å². The Hall–Kier alpha value is -2.38. The van der Waals surface area contributed by atoms with Crippen LogP contribution < -0.4 is 5.32 Å². The van der Waals surface area contributed by atoms with Gasteiger partial charge in [0.05, 0.1) is 16.7 Å². The fraction of sp³-hybridized carbons (Fsp3) is 0. The molecular formula is C13H8ClN3O. The van der Waals surface area contributed by atoms with Gasteiger partial charge in [0, 0.05) is 11.9 Å². The summed E-state index contributed by atoms with van der Waals surface area (Å²) in [5.41, 5.74) is 1.43. The van der Waals surface area contributed by atoms with Crippen LogP contribution in [0.3, 0.4) is 0 Å². The van der Waals surface area contributed by atoms with E-state index in [0.29, 0.717) is 16.3 Å². The summed E-state index contributed by atoms with van der Waals surface area (Å²) in [6, 6.07) is 11.7. The Morgan fingerprint density at radius 3 is 2.50 bits per heavy atom. The van der Waals surface area contributed by atoms with Crippen molar-refractivity contribution in [1.82, 2.24) is 4.98 Å². The zero-order chi connectivity index (χ0) is 13.0. The molecule has 2 rings (SSSR count). The number of rotatable bonds is 2. The molecular weight excluding hydrogens is 250 g/mol. The van der Waals surface area contributed by atoms with Gasteiger partial charge >= 0.3 is 0 Å². The molecule has 0 unspecified atom stereocenters. The standard InChI is InChI=1S/C13H8ClN3O/c14-10-3-6-12(16-8-10)13(18)17-11-4-1-9(7-15)2-5-11/h1-6,8H,(H,17,18). The van der Waals surface area contributed by atoms with E-state index in [-0.39, 0.29) is 11.6 Å². The van der Waals surface area contributed by atoms with Crippen LogP contribution in [0, 0.1) is 11.3 Å². The molecule has 4 nitrogen and oxygen atoms in total. The minimum atomic E-state index is -0.323. The van der Waals surface area contributed by atoms with Crippen LogP contribution in [0.4, 0.5) is 5.69 Å². The molecule has 1 aromatic heterocycles. The number of nitrogens with one attached hydrogen (secondary N) is 1. The van der Waals surface area contributed by atoms with Gasteiger partial charge in [-0.1, -0.05) is 11.6 Å². The maximum Gasteiger partial charge on any atom is 0.274 e. The third-order valence-electron chi connectivity index (χ3n) is 2.23. The smallest absolute Gasteiger partial charge is 0.274 e. The number of halogens is 1. The first-order valence-corrected chi connectivity index (χ1v) is 5.50. The van der Waals surface area contributed by atoms with Crippen molar-refractivity contribution < 1.29 is 4.79 Å². The van der Waals surface area contributed by atoms with Crippen molar-refractivity contribution in [2.75, 3.05) is 5.32 Å². The van der Waals surface area contributed by atoms with Crippen molar-refractivity contribution in [2.45, 2.75) is 0 Å². The molecule has 0 fully saturated rings. The number of nitriles is 1. The number of pyridine rings is 1. The molecule has 0 aliphatic rings. The van der Waals surface area contributed by atoms with Crippen LogP contribution in [0.1, 0.15) is 16.1 Å². The monoisotopic (exact) mass is 257 g/mol. The van der Waals surface area contributed by atoms with Gasteiger partial charge in [-0.25, -0.2) is 4.98 Å². The van der Waals surface area contributed by atoms with E-state index in [2.05, 4.69) is 10.3 Å². The number of carbonyl (C=O) groups excluding carboxylic acids is 1. The molecule has 0 saturated carbocycles. The Kier molecular flexibility index (Phi) is 3.56. The number of anilines is 1. The van der Waals surface area contributed by atoms with Crippen LogP contribution >= 0.6 is 11.6 Å². The number of amides is 1. The topological polar surface area (TPSA) is 65.8 Å². The fourth-order valence-corrected chi connectivity index (χ4v) is 1.45. The molecule has 0 radical (unpaired) electrons. The highest BCUT2D eigenvalue weighted by atomic mass is 35.5. The summed E-state index contributed by atoms with van der Waals surface area (Å²) < 4.78 is 0. The van der Waals surface area contributed by atoms with E-state index in [9.17, 15) is 4.79 Å². The molecule has 0 atom stereocenters. The van der Waals surface area contributed by atoms with Gasteiger partial charge in [0.1, 0.15) is 5.69 Å².